The first-order valence-corrected chi connectivity index (χ1v) is 6.70. The Morgan fingerprint density at radius 1 is 1.12 bits per heavy atom. The molecule has 16 heavy (non-hydrogen) atoms. The van der Waals surface area contributed by atoms with Gasteiger partial charge in [0, 0.05) is 12.8 Å². The van der Waals surface area contributed by atoms with E-state index in [4.69, 9.17) is 4.74 Å². The second kappa shape index (κ2) is 3.19. The molecule has 2 heteroatoms. The van der Waals surface area contributed by atoms with Crippen molar-refractivity contribution in [2.45, 2.75) is 50.7 Å². The SMILES string of the molecule is O=C1C=C2CCC3C4CC(CC3C2CC1)O4. The number of carbonyl (C=O) groups excluding carboxylic acids is 1. The van der Waals surface area contributed by atoms with Crippen LogP contribution in [0.25, 0.3) is 0 Å². The number of hydrogen-bond acceptors (Lipinski definition) is 2. The summed E-state index contributed by atoms with van der Waals surface area (Å²) in [6.45, 7) is 0. The Hall–Kier alpha value is -0.630. The van der Waals surface area contributed by atoms with Crippen molar-refractivity contribution < 1.29 is 9.53 Å². The summed E-state index contributed by atoms with van der Waals surface area (Å²) in [4.78, 5) is 11.5. The van der Waals surface area contributed by atoms with E-state index in [-0.39, 0.29) is 0 Å². The summed E-state index contributed by atoms with van der Waals surface area (Å²) < 4.78 is 5.86. The summed E-state index contributed by atoms with van der Waals surface area (Å²) in [6.07, 6.45) is 9.99. The standard InChI is InChI=1S/C14H18O2/c15-9-2-4-11-8(5-9)1-3-12-13(11)6-10-7-14(12)16-10/h5,10-14H,1-4,6-7H2. The molecule has 5 aliphatic rings. The lowest BCUT2D eigenvalue weighted by molar-refractivity contribution is -0.217. The molecular weight excluding hydrogens is 200 g/mol. The highest BCUT2D eigenvalue weighted by molar-refractivity contribution is 5.91. The summed E-state index contributed by atoms with van der Waals surface area (Å²) >= 11 is 0. The molecule has 2 saturated heterocycles. The van der Waals surface area contributed by atoms with E-state index in [1.54, 1.807) is 0 Å². The van der Waals surface area contributed by atoms with E-state index < -0.39 is 0 Å². The Morgan fingerprint density at radius 3 is 2.88 bits per heavy atom. The van der Waals surface area contributed by atoms with Crippen LogP contribution in [0.15, 0.2) is 11.6 Å². The first-order valence-electron chi connectivity index (χ1n) is 6.70. The van der Waals surface area contributed by atoms with Crippen LogP contribution in [0.1, 0.15) is 38.5 Å². The van der Waals surface area contributed by atoms with Crippen molar-refractivity contribution in [1.82, 2.24) is 0 Å². The van der Waals surface area contributed by atoms with Gasteiger partial charge in [0.05, 0.1) is 12.2 Å². The van der Waals surface area contributed by atoms with Crippen molar-refractivity contribution in [1.29, 1.82) is 0 Å². The van der Waals surface area contributed by atoms with Crippen LogP contribution in [0.5, 0.6) is 0 Å². The first kappa shape index (κ1) is 9.41. The maximum Gasteiger partial charge on any atom is 0.155 e. The topological polar surface area (TPSA) is 26.3 Å². The average molecular weight is 218 g/mol. The number of allylic oxidation sites excluding steroid dienone is 2. The van der Waals surface area contributed by atoms with Gasteiger partial charge in [-0.05, 0) is 49.5 Å². The summed E-state index contributed by atoms with van der Waals surface area (Å²) in [5.41, 5.74) is 1.47. The zero-order valence-corrected chi connectivity index (χ0v) is 9.52. The average Bonchev–Trinajstić information content (AvgIpc) is 2.26. The fourth-order valence-corrected chi connectivity index (χ4v) is 4.49. The van der Waals surface area contributed by atoms with Gasteiger partial charge in [-0.15, -0.1) is 0 Å². The second-order valence-corrected chi connectivity index (χ2v) is 5.97. The lowest BCUT2D eigenvalue weighted by atomic mass is 9.58. The highest BCUT2D eigenvalue weighted by Gasteiger charge is 2.51. The van der Waals surface area contributed by atoms with Crippen molar-refractivity contribution in [2.75, 3.05) is 0 Å². The Balaban J connectivity index is 1.64. The minimum absolute atomic E-state index is 0.363. The van der Waals surface area contributed by atoms with Gasteiger partial charge in [0.15, 0.2) is 5.78 Å². The van der Waals surface area contributed by atoms with Crippen LogP contribution < -0.4 is 0 Å². The van der Waals surface area contributed by atoms with E-state index in [9.17, 15) is 4.79 Å². The Kier molecular flexibility index (Phi) is 1.88. The minimum Gasteiger partial charge on any atom is -0.374 e. The molecule has 5 unspecified atom stereocenters. The summed E-state index contributed by atoms with van der Waals surface area (Å²) in [5.74, 6) is 2.73. The molecule has 2 nitrogen and oxygen atoms in total. The van der Waals surface area contributed by atoms with Gasteiger partial charge >= 0.3 is 0 Å². The van der Waals surface area contributed by atoms with E-state index in [0.29, 0.717) is 18.0 Å². The Morgan fingerprint density at radius 2 is 2.00 bits per heavy atom. The lowest BCUT2D eigenvalue weighted by Crippen LogP contribution is -2.55. The quantitative estimate of drug-likeness (QED) is 0.624. The molecule has 2 saturated carbocycles. The summed E-state index contributed by atoms with van der Waals surface area (Å²) in [7, 11) is 0. The zero-order valence-electron chi connectivity index (χ0n) is 9.52. The van der Waals surface area contributed by atoms with E-state index >= 15 is 0 Å². The van der Waals surface area contributed by atoms with Crippen LogP contribution in [0, 0.1) is 17.8 Å². The molecule has 0 radical (unpaired) electrons. The molecule has 2 bridgehead atoms. The number of carbonyl (C=O) groups is 1. The third-order valence-corrected chi connectivity index (χ3v) is 5.23. The van der Waals surface area contributed by atoms with E-state index in [0.717, 1.165) is 37.0 Å². The van der Waals surface area contributed by atoms with Gasteiger partial charge in [-0.3, -0.25) is 4.79 Å². The highest BCUT2D eigenvalue weighted by atomic mass is 16.5. The van der Waals surface area contributed by atoms with E-state index in [1.807, 2.05) is 6.08 Å². The fraction of sp³-hybridized carbons (Fsp3) is 0.786. The number of fused-ring (bicyclic) bond motifs is 1. The molecule has 0 N–H and O–H groups in total. The van der Waals surface area contributed by atoms with Gasteiger partial charge in [0.1, 0.15) is 0 Å². The normalized spacial score (nSPS) is 49.9. The predicted molar refractivity (Wildman–Crippen MR) is 59.9 cm³/mol. The van der Waals surface area contributed by atoms with E-state index in [1.165, 1.54) is 24.8 Å². The predicted octanol–water partition coefficient (Wildman–Crippen LogP) is 2.48. The molecule has 0 aromatic heterocycles. The smallest absolute Gasteiger partial charge is 0.155 e. The second-order valence-electron chi connectivity index (χ2n) is 5.97. The van der Waals surface area contributed by atoms with Crippen LogP contribution in [-0.2, 0) is 9.53 Å². The monoisotopic (exact) mass is 218 g/mol. The summed E-state index contributed by atoms with van der Waals surface area (Å²) in [6, 6.07) is 0. The zero-order chi connectivity index (χ0) is 10.7. The van der Waals surface area contributed by atoms with Crippen LogP contribution in [0.2, 0.25) is 0 Å². The van der Waals surface area contributed by atoms with Gasteiger partial charge in [-0.1, -0.05) is 5.57 Å². The third-order valence-electron chi connectivity index (χ3n) is 5.23. The van der Waals surface area contributed by atoms with Crippen LogP contribution in [0.3, 0.4) is 0 Å². The molecule has 2 aliphatic heterocycles. The number of rotatable bonds is 0. The van der Waals surface area contributed by atoms with Crippen LogP contribution >= 0.6 is 0 Å². The van der Waals surface area contributed by atoms with Crippen molar-refractivity contribution in [3.63, 3.8) is 0 Å². The maximum absolute atomic E-state index is 11.5. The molecule has 5 atom stereocenters. The molecule has 2 heterocycles. The van der Waals surface area contributed by atoms with Crippen LogP contribution in [-0.4, -0.2) is 18.0 Å². The Labute approximate surface area is 96.0 Å². The molecule has 0 aromatic rings. The Bertz CT molecular complexity index is 365. The highest BCUT2D eigenvalue weighted by Crippen LogP contribution is 2.54. The molecule has 0 aromatic carbocycles. The molecule has 0 amide bonds. The van der Waals surface area contributed by atoms with Crippen molar-refractivity contribution in [3.8, 4) is 0 Å². The largest absolute Gasteiger partial charge is 0.374 e. The van der Waals surface area contributed by atoms with Crippen molar-refractivity contribution >= 4 is 5.78 Å². The molecule has 0 spiro atoms. The maximum atomic E-state index is 11.5. The summed E-state index contributed by atoms with van der Waals surface area (Å²) in [5, 5.41) is 0. The number of ketones is 1. The van der Waals surface area contributed by atoms with Crippen LogP contribution in [0.4, 0.5) is 0 Å². The van der Waals surface area contributed by atoms with Gasteiger partial charge in [0.25, 0.3) is 0 Å². The van der Waals surface area contributed by atoms with Crippen molar-refractivity contribution in [2.24, 2.45) is 17.8 Å². The molecule has 5 rings (SSSR count). The molecule has 3 aliphatic carbocycles. The fourth-order valence-electron chi connectivity index (χ4n) is 4.49. The van der Waals surface area contributed by atoms with Gasteiger partial charge in [-0.2, -0.15) is 0 Å². The minimum atomic E-state index is 0.363. The number of hydrogen-bond donors (Lipinski definition) is 0. The lowest BCUT2D eigenvalue weighted by Gasteiger charge is -2.56. The third kappa shape index (κ3) is 1.20. The first-order chi connectivity index (χ1) is 7.81. The molecule has 86 valence electrons. The molecular formula is C14H18O2. The van der Waals surface area contributed by atoms with Crippen molar-refractivity contribution in [3.05, 3.63) is 11.6 Å². The molecule has 4 fully saturated rings. The van der Waals surface area contributed by atoms with Gasteiger partial charge in [0.2, 0.25) is 0 Å². The van der Waals surface area contributed by atoms with Gasteiger partial charge in [-0.25, -0.2) is 0 Å². The number of ether oxygens (including phenoxy) is 1. The van der Waals surface area contributed by atoms with Gasteiger partial charge < -0.3 is 4.74 Å². The van der Waals surface area contributed by atoms with E-state index in [2.05, 4.69) is 0 Å².